The van der Waals surface area contributed by atoms with Crippen LogP contribution in [0, 0.1) is 17.2 Å². The van der Waals surface area contributed by atoms with E-state index >= 15 is 0 Å². The van der Waals surface area contributed by atoms with E-state index in [1.54, 1.807) is 0 Å². The number of hydrogen-bond donors (Lipinski definition) is 2. The lowest BCUT2D eigenvalue weighted by Crippen LogP contribution is -2.45. The topological polar surface area (TPSA) is 86.6 Å². The van der Waals surface area contributed by atoms with Crippen LogP contribution in [0.2, 0.25) is 0 Å². The Morgan fingerprint density at radius 2 is 1.84 bits per heavy atom. The summed E-state index contributed by atoms with van der Waals surface area (Å²) < 4.78 is 11.2. The molecule has 2 aliphatic rings. The molecule has 176 valence electrons. The molecule has 1 saturated carbocycles. The minimum Gasteiger partial charge on any atom is -0.444 e. The van der Waals surface area contributed by atoms with Gasteiger partial charge in [0.1, 0.15) is 11.7 Å². The third-order valence-corrected chi connectivity index (χ3v) is 6.04. The number of ether oxygens (including phenoxy) is 2. The Kier molecular flexibility index (Phi) is 7.89. The number of nitrogens with one attached hydrogen (secondary N) is 2. The van der Waals surface area contributed by atoms with Crippen molar-refractivity contribution >= 4 is 17.5 Å². The highest BCUT2D eigenvalue weighted by atomic mass is 16.6. The Bertz CT molecular complexity index is 811. The van der Waals surface area contributed by atoms with Gasteiger partial charge in [0.15, 0.2) is 0 Å². The largest absolute Gasteiger partial charge is 0.444 e. The smallest absolute Gasteiger partial charge is 0.407 e. The van der Waals surface area contributed by atoms with Crippen LogP contribution in [0.4, 0.5) is 16.2 Å². The van der Waals surface area contributed by atoms with Gasteiger partial charge in [-0.3, -0.25) is 0 Å². The van der Waals surface area contributed by atoms with Gasteiger partial charge in [0.05, 0.1) is 23.5 Å². The first-order chi connectivity index (χ1) is 15.1. The van der Waals surface area contributed by atoms with Crippen molar-refractivity contribution in [3.05, 3.63) is 23.8 Å². The van der Waals surface area contributed by atoms with E-state index < -0.39 is 5.60 Å². The lowest BCUT2D eigenvalue weighted by atomic mass is 9.86. The summed E-state index contributed by atoms with van der Waals surface area (Å²) in [7, 11) is 0. The van der Waals surface area contributed by atoms with Crippen molar-refractivity contribution in [1.29, 1.82) is 5.26 Å². The van der Waals surface area contributed by atoms with Crippen molar-refractivity contribution in [3.8, 4) is 6.07 Å². The summed E-state index contributed by atoms with van der Waals surface area (Å²) in [5.41, 5.74) is 2.19. The Balaban J connectivity index is 1.48. The molecule has 0 unspecified atom stereocenters. The van der Waals surface area contributed by atoms with E-state index in [4.69, 9.17) is 9.47 Å². The highest BCUT2D eigenvalue weighted by Gasteiger charge is 2.26. The van der Waals surface area contributed by atoms with E-state index in [-0.39, 0.29) is 24.3 Å². The molecule has 0 radical (unpaired) electrons. The van der Waals surface area contributed by atoms with Crippen molar-refractivity contribution < 1.29 is 14.3 Å². The first kappa shape index (κ1) is 24.2. The fraction of sp³-hybridized carbons (Fsp3) is 0.680. The fourth-order valence-electron chi connectivity index (χ4n) is 4.63. The molecule has 1 aliphatic heterocycles. The second-order valence-electron chi connectivity index (χ2n) is 10.3. The van der Waals surface area contributed by atoms with Crippen LogP contribution in [0.1, 0.15) is 65.9 Å². The van der Waals surface area contributed by atoms with E-state index in [2.05, 4.69) is 41.5 Å². The van der Waals surface area contributed by atoms with Gasteiger partial charge >= 0.3 is 6.09 Å². The zero-order valence-electron chi connectivity index (χ0n) is 20.1. The number of carbonyl (C=O) groups is 1. The Morgan fingerprint density at radius 1 is 1.19 bits per heavy atom. The maximum absolute atomic E-state index is 12.0. The molecule has 2 fully saturated rings. The van der Waals surface area contributed by atoms with Crippen LogP contribution in [0.5, 0.6) is 0 Å². The molecule has 1 amide bonds. The standard InChI is InChI=1S/C25H38N4O3/c1-17-15-29(16-18(2)31-17)23-11-10-22(12-20(23)13-26)27-14-19-6-8-21(9-7-19)28-24(30)32-25(3,4)5/h10-12,17-19,21,27H,6-9,14-16H2,1-5H3,(H,28,30)/t17-,18-,19?,21?/m1/s1. The molecule has 2 N–H and O–H groups in total. The van der Waals surface area contributed by atoms with Crippen LogP contribution in [0.15, 0.2) is 18.2 Å². The third kappa shape index (κ3) is 7.03. The fourth-order valence-corrected chi connectivity index (χ4v) is 4.63. The van der Waals surface area contributed by atoms with Gasteiger partial charge in [0, 0.05) is 31.4 Å². The van der Waals surface area contributed by atoms with Crippen molar-refractivity contribution in [2.75, 3.05) is 29.9 Å². The number of nitriles is 1. The van der Waals surface area contributed by atoms with Crippen LogP contribution >= 0.6 is 0 Å². The summed E-state index contributed by atoms with van der Waals surface area (Å²) in [5, 5.41) is 16.2. The van der Waals surface area contributed by atoms with Gasteiger partial charge in [0.2, 0.25) is 0 Å². The number of morpholine rings is 1. The van der Waals surface area contributed by atoms with Gasteiger partial charge in [0.25, 0.3) is 0 Å². The van der Waals surface area contributed by atoms with Crippen LogP contribution in [-0.2, 0) is 9.47 Å². The summed E-state index contributed by atoms with van der Waals surface area (Å²) in [4.78, 5) is 14.2. The summed E-state index contributed by atoms with van der Waals surface area (Å²) in [6.45, 7) is 12.2. The molecular formula is C25H38N4O3. The molecule has 0 bridgehead atoms. The van der Waals surface area contributed by atoms with Crippen LogP contribution in [0.25, 0.3) is 0 Å². The number of carbonyl (C=O) groups excluding carboxylic acids is 1. The predicted molar refractivity (Wildman–Crippen MR) is 127 cm³/mol. The number of nitrogens with zero attached hydrogens (tertiary/aromatic N) is 2. The number of hydrogen-bond acceptors (Lipinski definition) is 6. The summed E-state index contributed by atoms with van der Waals surface area (Å²) in [6, 6.07) is 8.62. The average molecular weight is 443 g/mol. The molecule has 32 heavy (non-hydrogen) atoms. The molecule has 1 aliphatic carbocycles. The van der Waals surface area contributed by atoms with Gasteiger partial charge in [-0.2, -0.15) is 5.26 Å². The highest BCUT2D eigenvalue weighted by molar-refractivity contribution is 5.68. The lowest BCUT2D eigenvalue weighted by Gasteiger charge is -2.37. The number of alkyl carbamates (subject to hydrolysis) is 1. The van der Waals surface area contributed by atoms with Gasteiger partial charge in [-0.1, -0.05) is 0 Å². The monoisotopic (exact) mass is 442 g/mol. The number of anilines is 2. The molecule has 2 atom stereocenters. The maximum Gasteiger partial charge on any atom is 0.407 e. The van der Waals surface area contributed by atoms with E-state index in [0.29, 0.717) is 11.5 Å². The minimum atomic E-state index is -0.471. The first-order valence-electron chi connectivity index (χ1n) is 11.8. The van der Waals surface area contributed by atoms with E-state index in [9.17, 15) is 10.1 Å². The molecular weight excluding hydrogens is 404 g/mol. The Hall–Kier alpha value is -2.46. The molecule has 1 aromatic carbocycles. The molecule has 7 nitrogen and oxygen atoms in total. The number of benzene rings is 1. The molecule has 3 rings (SSSR count). The van der Waals surface area contributed by atoms with Gasteiger partial charge < -0.3 is 25.0 Å². The Labute approximate surface area is 192 Å². The molecule has 1 heterocycles. The normalized spacial score (nSPS) is 26.2. The minimum absolute atomic E-state index is 0.156. The summed E-state index contributed by atoms with van der Waals surface area (Å²) in [6.07, 6.45) is 4.02. The third-order valence-electron chi connectivity index (χ3n) is 6.04. The molecule has 0 aromatic heterocycles. The maximum atomic E-state index is 12.0. The van der Waals surface area contributed by atoms with E-state index in [0.717, 1.165) is 56.7 Å². The van der Waals surface area contributed by atoms with Crippen molar-refractivity contribution in [1.82, 2.24) is 5.32 Å². The zero-order chi connectivity index (χ0) is 23.3. The Morgan fingerprint density at radius 3 is 2.44 bits per heavy atom. The quantitative estimate of drug-likeness (QED) is 0.689. The molecule has 1 saturated heterocycles. The van der Waals surface area contributed by atoms with Crippen molar-refractivity contribution in [2.45, 2.75) is 84.2 Å². The van der Waals surface area contributed by atoms with E-state index in [1.807, 2.05) is 32.9 Å². The number of rotatable bonds is 5. The van der Waals surface area contributed by atoms with E-state index in [1.165, 1.54) is 0 Å². The zero-order valence-corrected chi connectivity index (χ0v) is 20.1. The number of amides is 1. The molecule has 7 heteroatoms. The second kappa shape index (κ2) is 10.4. The van der Waals surface area contributed by atoms with Crippen molar-refractivity contribution in [3.63, 3.8) is 0 Å². The summed E-state index contributed by atoms with van der Waals surface area (Å²) >= 11 is 0. The second-order valence-corrected chi connectivity index (χ2v) is 10.3. The van der Waals surface area contributed by atoms with Crippen LogP contribution in [0.3, 0.4) is 0 Å². The first-order valence-corrected chi connectivity index (χ1v) is 11.8. The van der Waals surface area contributed by atoms with Crippen LogP contribution in [-0.4, -0.2) is 49.6 Å². The highest BCUT2D eigenvalue weighted by Crippen LogP contribution is 2.29. The molecule has 0 spiro atoms. The average Bonchev–Trinajstić information content (AvgIpc) is 2.71. The van der Waals surface area contributed by atoms with Gasteiger partial charge in [-0.15, -0.1) is 0 Å². The lowest BCUT2D eigenvalue weighted by molar-refractivity contribution is -0.00523. The van der Waals surface area contributed by atoms with Gasteiger partial charge in [-0.25, -0.2) is 4.79 Å². The molecule has 1 aromatic rings. The van der Waals surface area contributed by atoms with Crippen molar-refractivity contribution in [2.24, 2.45) is 5.92 Å². The van der Waals surface area contributed by atoms with Gasteiger partial charge in [-0.05, 0) is 84.4 Å². The SMILES string of the molecule is C[C@@H]1CN(c2ccc(NCC3CCC(NC(=O)OC(C)(C)C)CC3)cc2C#N)C[C@@H](C)O1. The predicted octanol–water partition coefficient (Wildman–Crippen LogP) is 4.67. The van der Waals surface area contributed by atoms with Crippen LogP contribution < -0.4 is 15.5 Å². The summed E-state index contributed by atoms with van der Waals surface area (Å²) in [5.74, 6) is 0.554.